The first-order chi connectivity index (χ1) is 10.9. The highest BCUT2D eigenvalue weighted by atomic mass is 14.9. The molecule has 0 aromatic carbocycles. The van der Waals surface area contributed by atoms with E-state index in [1.54, 1.807) is 0 Å². The summed E-state index contributed by atoms with van der Waals surface area (Å²) in [5.41, 5.74) is 1.46. The van der Waals surface area contributed by atoms with Crippen molar-refractivity contribution in [3.8, 4) is 0 Å². The average Bonchev–Trinajstić information content (AvgIpc) is 2.56. The van der Waals surface area contributed by atoms with E-state index < -0.39 is 0 Å². The van der Waals surface area contributed by atoms with Gasteiger partial charge in [-0.25, -0.2) is 4.57 Å². The van der Waals surface area contributed by atoms with Crippen molar-refractivity contribution in [1.29, 1.82) is 0 Å². The molecule has 1 nitrogen and oxygen atoms in total. The molecule has 1 heterocycles. The molecule has 126 valence electrons. The molecule has 0 aliphatic heterocycles. The second-order valence-electron chi connectivity index (χ2n) is 6.63. The van der Waals surface area contributed by atoms with Crippen LogP contribution in [0.25, 0.3) is 0 Å². The van der Waals surface area contributed by atoms with Gasteiger partial charge in [-0.2, -0.15) is 0 Å². The average molecular weight is 305 g/mol. The lowest BCUT2D eigenvalue weighted by molar-refractivity contribution is -0.704. The molecule has 1 aromatic rings. The van der Waals surface area contributed by atoms with Crippen LogP contribution in [0.3, 0.4) is 0 Å². The van der Waals surface area contributed by atoms with Gasteiger partial charge in [-0.05, 0) is 6.42 Å². The molecule has 0 bridgehead atoms. The van der Waals surface area contributed by atoms with Crippen molar-refractivity contribution >= 4 is 0 Å². The van der Waals surface area contributed by atoms with Crippen LogP contribution in [0.2, 0.25) is 0 Å². The molecule has 0 N–H and O–H groups in total. The minimum Gasteiger partial charge on any atom is -0.202 e. The van der Waals surface area contributed by atoms with Crippen LogP contribution >= 0.6 is 0 Å². The summed E-state index contributed by atoms with van der Waals surface area (Å²) in [6.45, 7) is 5.73. The summed E-state index contributed by atoms with van der Waals surface area (Å²) < 4.78 is 2.43. The van der Waals surface area contributed by atoms with Crippen LogP contribution in [0, 0.1) is 0 Å². The van der Waals surface area contributed by atoms with Crippen LogP contribution in [0.4, 0.5) is 0 Å². The lowest BCUT2D eigenvalue weighted by Gasteiger charge is -2.03. The van der Waals surface area contributed by atoms with Crippen molar-refractivity contribution in [2.24, 2.45) is 0 Å². The SMILES string of the molecule is CCCCCCCCCCCCCC[n+]1ccccc1CC. The molecule has 0 spiro atoms. The number of hydrogen-bond donors (Lipinski definition) is 0. The monoisotopic (exact) mass is 304 g/mol. The van der Waals surface area contributed by atoms with Crippen molar-refractivity contribution in [3.05, 3.63) is 30.1 Å². The zero-order valence-electron chi connectivity index (χ0n) is 15.2. The number of rotatable bonds is 14. The molecule has 0 fully saturated rings. The van der Waals surface area contributed by atoms with Crippen molar-refractivity contribution in [2.75, 3.05) is 0 Å². The molecule has 0 saturated carbocycles. The van der Waals surface area contributed by atoms with Crippen molar-refractivity contribution < 1.29 is 4.57 Å². The largest absolute Gasteiger partial charge is 0.202 e. The highest BCUT2D eigenvalue weighted by Gasteiger charge is 2.05. The highest BCUT2D eigenvalue weighted by molar-refractivity contribution is 4.96. The predicted molar refractivity (Wildman–Crippen MR) is 97.1 cm³/mol. The zero-order chi connectivity index (χ0) is 15.9. The minimum atomic E-state index is 1.14. The van der Waals surface area contributed by atoms with Gasteiger partial charge in [0.2, 0.25) is 0 Å². The van der Waals surface area contributed by atoms with Crippen molar-refractivity contribution in [2.45, 2.75) is 104 Å². The smallest absolute Gasteiger partial charge is 0.181 e. The van der Waals surface area contributed by atoms with Gasteiger partial charge in [-0.15, -0.1) is 0 Å². The lowest BCUT2D eigenvalue weighted by Crippen LogP contribution is -2.37. The molecule has 0 radical (unpaired) electrons. The Bertz CT molecular complexity index is 359. The van der Waals surface area contributed by atoms with Gasteiger partial charge in [0.15, 0.2) is 11.9 Å². The van der Waals surface area contributed by atoms with Crippen molar-refractivity contribution in [3.63, 3.8) is 0 Å². The number of pyridine rings is 1. The Balaban J connectivity index is 1.89. The third-order valence-electron chi connectivity index (χ3n) is 4.65. The molecule has 0 saturated heterocycles. The van der Waals surface area contributed by atoms with E-state index in [1.165, 1.54) is 89.3 Å². The maximum atomic E-state index is 2.43. The normalized spacial score (nSPS) is 11.0. The second-order valence-corrected chi connectivity index (χ2v) is 6.63. The Kier molecular flexibility index (Phi) is 12.0. The van der Waals surface area contributed by atoms with Crippen LogP contribution in [0.5, 0.6) is 0 Å². The fourth-order valence-electron chi connectivity index (χ4n) is 3.17. The third kappa shape index (κ3) is 9.23. The molecule has 1 rings (SSSR count). The van der Waals surface area contributed by atoms with Gasteiger partial charge < -0.3 is 0 Å². The topological polar surface area (TPSA) is 3.88 Å². The van der Waals surface area contributed by atoms with Gasteiger partial charge >= 0.3 is 0 Å². The summed E-state index contributed by atoms with van der Waals surface area (Å²) in [5, 5.41) is 0. The summed E-state index contributed by atoms with van der Waals surface area (Å²) in [6, 6.07) is 6.55. The molecule has 0 amide bonds. The van der Waals surface area contributed by atoms with Gasteiger partial charge in [0.05, 0.1) is 0 Å². The standard InChI is InChI=1S/C21H38N/c1-3-5-6-7-8-9-10-11-12-13-14-16-19-22-20-17-15-18-21(22)4-2/h15,17-18,20H,3-14,16,19H2,1-2H3/q+1. The van der Waals surface area contributed by atoms with Crippen molar-refractivity contribution in [1.82, 2.24) is 0 Å². The number of unbranched alkanes of at least 4 members (excludes halogenated alkanes) is 11. The predicted octanol–water partition coefficient (Wildman–Crippen LogP) is 6.24. The van der Waals surface area contributed by atoms with E-state index in [0.29, 0.717) is 0 Å². The second kappa shape index (κ2) is 13.8. The quantitative estimate of drug-likeness (QED) is 0.283. The molecule has 0 atom stereocenters. The van der Waals surface area contributed by atoms with E-state index in [4.69, 9.17) is 0 Å². The van der Waals surface area contributed by atoms with Crippen LogP contribution in [-0.4, -0.2) is 0 Å². The van der Waals surface area contributed by atoms with Crippen LogP contribution in [0.1, 0.15) is 96.6 Å². The Morgan fingerprint density at radius 3 is 1.77 bits per heavy atom. The Morgan fingerprint density at radius 2 is 1.23 bits per heavy atom. The number of aryl methyl sites for hydroxylation is 2. The minimum absolute atomic E-state index is 1.14. The van der Waals surface area contributed by atoms with Crippen LogP contribution in [0.15, 0.2) is 24.4 Å². The van der Waals surface area contributed by atoms with E-state index >= 15 is 0 Å². The Labute approximate surface area is 139 Å². The summed E-state index contributed by atoms with van der Waals surface area (Å²) in [4.78, 5) is 0. The lowest BCUT2D eigenvalue weighted by atomic mass is 10.1. The molecule has 0 aliphatic carbocycles. The van der Waals surface area contributed by atoms with E-state index in [2.05, 4.69) is 42.8 Å². The Morgan fingerprint density at radius 1 is 0.682 bits per heavy atom. The maximum Gasteiger partial charge on any atom is 0.181 e. The van der Waals surface area contributed by atoms with Gasteiger partial charge in [0.25, 0.3) is 0 Å². The van der Waals surface area contributed by atoms with Gasteiger partial charge in [0, 0.05) is 25.0 Å². The van der Waals surface area contributed by atoms with E-state index in [0.717, 1.165) is 6.42 Å². The molecular formula is C21H38N+. The molecule has 0 unspecified atom stereocenters. The first-order valence-electron chi connectivity index (χ1n) is 9.85. The summed E-state index contributed by atoms with van der Waals surface area (Å²) >= 11 is 0. The first-order valence-corrected chi connectivity index (χ1v) is 9.85. The number of aromatic nitrogens is 1. The number of nitrogens with zero attached hydrogens (tertiary/aromatic N) is 1. The fraction of sp³-hybridized carbons (Fsp3) is 0.762. The molecular weight excluding hydrogens is 266 g/mol. The molecule has 0 aliphatic rings. The summed E-state index contributed by atoms with van der Waals surface area (Å²) in [5.74, 6) is 0. The van der Waals surface area contributed by atoms with Gasteiger partial charge in [-0.1, -0.05) is 84.1 Å². The van der Waals surface area contributed by atoms with E-state index in [-0.39, 0.29) is 0 Å². The van der Waals surface area contributed by atoms with Crippen LogP contribution in [-0.2, 0) is 13.0 Å². The van der Waals surface area contributed by atoms with Crippen LogP contribution < -0.4 is 4.57 Å². The Hall–Kier alpha value is -0.850. The highest BCUT2D eigenvalue weighted by Crippen LogP contribution is 2.11. The molecule has 1 aromatic heterocycles. The zero-order valence-corrected chi connectivity index (χ0v) is 15.2. The fourth-order valence-corrected chi connectivity index (χ4v) is 3.17. The van der Waals surface area contributed by atoms with E-state index in [1.807, 2.05) is 0 Å². The maximum absolute atomic E-state index is 2.43. The molecule has 22 heavy (non-hydrogen) atoms. The summed E-state index contributed by atoms with van der Waals surface area (Å²) in [6.07, 6.45) is 20.5. The third-order valence-corrected chi connectivity index (χ3v) is 4.65. The molecule has 1 heteroatoms. The number of hydrogen-bond acceptors (Lipinski definition) is 0. The van der Waals surface area contributed by atoms with Gasteiger partial charge in [-0.3, -0.25) is 0 Å². The first kappa shape index (κ1) is 19.2. The van der Waals surface area contributed by atoms with Gasteiger partial charge in [0.1, 0.15) is 6.54 Å². The summed E-state index contributed by atoms with van der Waals surface area (Å²) in [7, 11) is 0. The van der Waals surface area contributed by atoms with E-state index in [9.17, 15) is 0 Å².